The van der Waals surface area contributed by atoms with Gasteiger partial charge in [-0.2, -0.15) is 0 Å². The molecule has 0 aromatic heterocycles. The molecule has 1 amide bonds. The molecule has 1 aliphatic heterocycles. The molecule has 1 N–H and O–H groups in total. The molecule has 1 fully saturated rings. The highest BCUT2D eigenvalue weighted by molar-refractivity contribution is 6.30. The summed E-state index contributed by atoms with van der Waals surface area (Å²) in [5, 5.41) is 3.72. The molecule has 6 heteroatoms. The summed E-state index contributed by atoms with van der Waals surface area (Å²) >= 11 is 5.95. The van der Waals surface area contributed by atoms with E-state index in [-0.39, 0.29) is 18.1 Å². The number of carbonyl (C=O) groups is 1. The minimum absolute atomic E-state index is 0.0338. The number of nitrogens with one attached hydrogen (secondary N) is 1. The first-order chi connectivity index (χ1) is 11.0. The topological polar surface area (TPSA) is 50.8 Å². The van der Waals surface area contributed by atoms with E-state index in [2.05, 4.69) is 10.2 Å². The molecule has 0 unspecified atom stereocenters. The summed E-state index contributed by atoms with van der Waals surface area (Å²) < 4.78 is 11.4. The van der Waals surface area contributed by atoms with Crippen LogP contribution < -0.4 is 5.32 Å². The molecule has 23 heavy (non-hydrogen) atoms. The Labute approximate surface area is 142 Å². The number of likely N-dealkylation sites (N-methyl/N-ethyl adjacent to an activating group) is 1. The van der Waals surface area contributed by atoms with Crippen molar-refractivity contribution in [3.8, 4) is 0 Å². The molecule has 0 spiro atoms. The molecule has 1 saturated heterocycles. The molecular formula is C17H25ClN2O3. The Bertz CT molecular complexity index is 537. The molecule has 128 valence electrons. The standard InChI is InChI=1S/C17H25ClN2O3/c1-12-10-13(18)4-5-14(12)17(21)19-15-6-8-22-11-16(15)23-9-7-20(2)3/h4-5,10,15-16H,6-9,11H2,1-3H3,(H,19,21)/t15-,16-/m1/s1. The van der Waals surface area contributed by atoms with Gasteiger partial charge in [-0.25, -0.2) is 0 Å². The fourth-order valence-corrected chi connectivity index (χ4v) is 2.78. The van der Waals surface area contributed by atoms with Gasteiger partial charge in [0.15, 0.2) is 0 Å². The first-order valence-corrected chi connectivity index (χ1v) is 8.26. The van der Waals surface area contributed by atoms with Gasteiger partial charge in [0.2, 0.25) is 0 Å². The second-order valence-electron chi connectivity index (χ2n) is 6.12. The van der Waals surface area contributed by atoms with E-state index in [4.69, 9.17) is 21.1 Å². The highest BCUT2D eigenvalue weighted by Crippen LogP contribution is 2.17. The van der Waals surface area contributed by atoms with E-state index >= 15 is 0 Å². The summed E-state index contributed by atoms with van der Waals surface area (Å²) in [7, 11) is 4.01. The second-order valence-corrected chi connectivity index (χ2v) is 6.55. The van der Waals surface area contributed by atoms with Gasteiger partial charge in [-0.3, -0.25) is 4.79 Å². The van der Waals surface area contributed by atoms with Gasteiger partial charge in [-0.1, -0.05) is 11.6 Å². The Morgan fingerprint density at radius 3 is 2.96 bits per heavy atom. The van der Waals surface area contributed by atoms with Crippen LogP contribution in [0, 0.1) is 6.92 Å². The van der Waals surface area contributed by atoms with Gasteiger partial charge in [-0.15, -0.1) is 0 Å². The van der Waals surface area contributed by atoms with Crippen molar-refractivity contribution in [3.63, 3.8) is 0 Å². The summed E-state index contributed by atoms with van der Waals surface area (Å²) in [5.41, 5.74) is 1.51. The fraction of sp³-hybridized carbons (Fsp3) is 0.588. The Morgan fingerprint density at radius 1 is 1.48 bits per heavy atom. The number of carbonyl (C=O) groups excluding carboxylic acids is 1. The van der Waals surface area contributed by atoms with Crippen LogP contribution in [-0.2, 0) is 9.47 Å². The van der Waals surface area contributed by atoms with Crippen molar-refractivity contribution in [2.75, 3.05) is 40.5 Å². The van der Waals surface area contributed by atoms with Crippen LogP contribution >= 0.6 is 11.6 Å². The lowest BCUT2D eigenvalue weighted by molar-refractivity contribution is -0.0690. The number of ether oxygens (including phenoxy) is 2. The van der Waals surface area contributed by atoms with Crippen molar-refractivity contribution in [2.24, 2.45) is 0 Å². The Hall–Kier alpha value is -1.14. The molecule has 0 radical (unpaired) electrons. The number of hydrogen-bond donors (Lipinski definition) is 1. The van der Waals surface area contributed by atoms with Gasteiger partial charge < -0.3 is 19.7 Å². The average Bonchev–Trinajstić information content (AvgIpc) is 2.48. The molecule has 1 heterocycles. The Balaban J connectivity index is 1.96. The maximum atomic E-state index is 12.5. The Kier molecular flexibility index (Phi) is 6.84. The number of rotatable bonds is 6. The predicted molar refractivity (Wildman–Crippen MR) is 91.2 cm³/mol. The van der Waals surface area contributed by atoms with E-state index in [0.717, 1.165) is 18.5 Å². The van der Waals surface area contributed by atoms with Crippen molar-refractivity contribution in [1.82, 2.24) is 10.2 Å². The zero-order valence-electron chi connectivity index (χ0n) is 14.0. The third-order valence-electron chi connectivity index (χ3n) is 3.92. The van der Waals surface area contributed by atoms with Crippen LogP contribution in [-0.4, -0.2) is 63.4 Å². The smallest absolute Gasteiger partial charge is 0.251 e. The summed E-state index contributed by atoms with van der Waals surface area (Å²) in [5.74, 6) is -0.0905. The lowest BCUT2D eigenvalue weighted by Crippen LogP contribution is -2.50. The number of amides is 1. The van der Waals surface area contributed by atoms with Crippen molar-refractivity contribution in [1.29, 1.82) is 0 Å². The first kappa shape index (κ1) is 18.2. The van der Waals surface area contributed by atoms with Crippen molar-refractivity contribution in [2.45, 2.75) is 25.5 Å². The molecule has 5 nitrogen and oxygen atoms in total. The van der Waals surface area contributed by atoms with E-state index in [1.54, 1.807) is 18.2 Å². The van der Waals surface area contributed by atoms with Crippen LogP contribution in [0.1, 0.15) is 22.3 Å². The molecule has 0 aliphatic carbocycles. The average molecular weight is 341 g/mol. The van der Waals surface area contributed by atoms with Gasteiger partial charge in [0.05, 0.1) is 19.3 Å². The van der Waals surface area contributed by atoms with E-state index in [1.165, 1.54) is 0 Å². The van der Waals surface area contributed by atoms with E-state index in [1.807, 2.05) is 21.0 Å². The van der Waals surface area contributed by atoms with E-state index < -0.39 is 0 Å². The molecule has 0 saturated carbocycles. The zero-order valence-corrected chi connectivity index (χ0v) is 14.7. The molecule has 1 aromatic carbocycles. The van der Waals surface area contributed by atoms with Crippen LogP contribution in [0.15, 0.2) is 18.2 Å². The normalized spacial score (nSPS) is 21.4. The van der Waals surface area contributed by atoms with Crippen LogP contribution in [0.5, 0.6) is 0 Å². The number of halogens is 1. The van der Waals surface area contributed by atoms with Gasteiger partial charge in [0.25, 0.3) is 5.91 Å². The van der Waals surface area contributed by atoms with Gasteiger partial charge in [0.1, 0.15) is 6.10 Å². The van der Waals surface area contributed by atoms with Crippen LogP contribution in [0.25, 0.3) is 0 Å². The van der Waals surface area contributed by atoms with Crippen molar-refractivity contribution >= 4 is 17.5 Å². The molecule has 1 aliphatic rings. The third kappa shape index (κ3) is 5.46. The van der Waals surface area contributed by atoms with E-state index in [0.29, 0.717) is 30.4 Å². The number of hydrogen-bond acceptors (Lipinski definition) is 4. The van der Waals surface area contributed by atoms with Crippen LogP contribution in [0.3, 0.4) is 0 Å². The number of nitrogens with zero attached hydrogens (tertiary/aromatic N) is 1. The maximum Gasteiger partial charge on any atom is 0.251 e. The lowest BCUT2D eigenvalue weighted by Gasteiger charge is -2.32. The van der Waals surface area contributed by atoms with Gasteiger partial charge in [0, 0.05) is 23.7 Å². The first-order valence-electron chi connectivity index (χ1n) is 7.88. The summed E-state index contributed by atoms with van der Waals surface area (Å²) in [6.07, 6.45) is 0.644. The zero-order chi connectivity index (χ0) is 16.8. The fourth-order valence-electron chi connectivity index (χ4n) is 2.56. The highest BCUT2D eigenvalue weighted by Gasteiger charge is 2.28. The molecule has 2 rings (SSSR count). The summed E-state index contributed by atoms with van der Waals surface area (Å²) in [4.78, 5) is 14.6. The van der Waals surface area contributed by atoms with E-state index in [9.17, 15) is 4.79 Å². The minimum atomic E-state index is -0.111. The summed E-state index contributed by atoms with van der Waals surface area (Å²) in [6, 6.07) is 5.26. The largest absolute Gasteiger partial charge is 0.379 e. The third-order valence-corrected chi connectivity index (χ3v) is 4.16. The monoisotopic (exact) mass is 340 g/mol. The Morgan fingerprint density at radius 2 is 2.26 bits per heavy atom. The van der Waals surface area contributed by atoms with Crippen LogP contribution in [0.4, 0.5) is 0 Å². The molecule has 1 aromatic rings. The quantitative estimate of drug-likeness (QED) is 0.861. The van der Waals surface area contributed by atoms with Crippen LogP contribution in [0.2, 0.25) is 5.02 Å². The molecule has 0 bridgehead atoms. The number of benzene rings is 1. The lowest BCUT2D eigenvalue weighted by atomic mass is 10.0. The molecular weight excluding hydrogens is 316 g/mol. The molecule has 2 atom stereocenters. The minimum Gasteiger partial charge on any atom is -0.379 e. The van der Waals surface area contributed by atoms with Gasteiger partial charge in [-0.05, 0) is 51.2 Å². The summed E-state index contributed by atoms with van der Waals surface area (Å²) in [6.45, 7) is 4.49. The SMILES string of the molecule is Cc1cc(Cl)ccc1C(=O)N[C@@H]1CCOC[C@H]1OCCN(C)C. The van der Waals surface area contributed by atoms with Crippen molar-refractivity contribution in [3.05, 3.63) is 34.3 Å². The second kappa shape index (κ2) is 8.64. The maximum absolute atomic E-state index is 12.5. The van der Waals surface area contributed by atoms with Gasteiger partial charge >= 0.3 is 0 Å². The highest BCUT2D eigenvalue weighted by atomic mass is 35.5. The van der Waals surface area contributed by atoms with Crippen molar-refractivity contribution < 1.29 is 14.3 Å². The number of aryl methyl sites for hydroxylation is 1. The predicted octanol–water partition coefficient (Wildman–Crippen LogP) is 2.11.